The Bertz CT molecular complexity index is 163. The molecule has 0 N–H and O–H groups in total. The van der Waals surface area contributed by atoms with Crippen molar-refractivity contribution >= 4 is 0 Å². The minimum Gasteiger partial charge on any atom is -0.181 e. The van der Waals surface area contributed by atoms with Crippen LogP contribution in [0.4, 0.5) is 0 Å². The molecule has 0 aromatic carbocycles. The van der Waals surface area contributed by atoms with Gasteiger partial charge in [0.15, 0.2) is 0 Å². The van der Waals surface area contributed by atoms with Gasteiger partial charge in [0, 0.05) is 125 Å². The molecule has 0 saturated carbocycles. The van der Waals surface area contributed by atoms with Crippen molar-refractivity contribution in [2.24, 2.45) is 0 Å². The fraction of sp³-hybridized carbons (Fsp3) is 0.400. The molecule has 0 spiro atoms. The van der Waals surface area contributed by atoms with Crippen LogP contribution in [0.5, 0.6) is 0 Å². The molecule has 0 aliphatic rings. The molecule has 0 rings (SSSR count). The van der Waals surface area contributed by atoms with Crippen LogP contribution in [0, 0.1) is 131 Å². The van der Waals surface area contributed by atoms with Crippen LogP contribution in [0.1, 0.15) is 27.2 Å². The molecule has 0 aromatic rings. The molecule has 0 aliphatic heterocycles. The summed E-state index contributed by atoms with van der Waals surface area (Å²) in [7, 11) is 0. The number of allylic oxidation sites excluding steroid dienone is 6. The number of rotatable bonds is 3. The average molecular weight is 657 g/mol. The van der Waals surface area contributed by atoms with E-state index in [1.807, 2.05) is 32.1 Å². The minimum absolute atomic E-state index is 0. The van der Waals surface area contributed by atoms with Gasteiger partial charge in [0.2, 0.25) is 0 Å². The van der Waals surface area contributed by atoms with E-state index < -0.39 is 0 Å². The summed E-state index contributed by atoms with van der Waals surface area (Å²) < 4.78 is 0. The maximum atomic E-state index is 3.12. The largest absolute Gasteiger partial charge is 1.00 e. The Morgan fingerprint density at radius 3 is 2.07 bits per heavy atom. The van der Waals surface area contributed by atoms with Crippen molar-refractivity contribution in [1.82, 2.24) is 0 Å². The summed E-state index contributed by atoms with van der Waals surface area (Å²) in [6, 6.07) is 0. The van der Waals surface area contributed by atoms with E-state index in [4.69, 9.17) is 0 Å². The summed E-state index contributed by atoms with van der Waals surface area (Å²) in [5.41, 5.74) is 1.18. The van der Waals surface area contributed by atoms with Gasteiger partial charge < -0.3 is 0 Å². The van der Waals surface area contributed by atoms with Gasteiger partial charge in [-0.25, -0.2) is 0 Å². The molecule has 14 heavy (non-hydrogen) atoms. The van der Waals surface area contributed by atoms with Crippen molar-refractivity contribution in [3.63, 3.8) is 0 Å². The van der Waals surface area contributed by atoms with E-state index in [2.05, 4.69) is 19.1 Å². The second-order valence-corrected chi connectivity index (χ2v) is 2.12. The summed E-state index contributed by atoms with van der Waals surface area (Å²) >= 11 is 0. The van der Waals surface area contributed by atoms with Crippen LogP contribution in [-0.4, -0.2) is 0 Å². The van der Waals surface area contributed by atoms with Crippen LogP contribution < -0.4 is 0 Å². The van der Waals surface area contributed by atoms with Crippen molar-refractivity contribution in [2.75, 3.05) is 0 Å². The topological polar surface area (TPSA) is 0 Å². The molecule has 0 fully saturated rings. The van der Waals surface area contributed by atoms with Crippen LogP contribution in [0.25, 0.3) is 0 Å². The molecule has 4 heteroatoms. The molecule has 0 bridgehead atoms. The fourth-order valence-electron chi connectivity index (χ4n) is 0.467. The van der Waals surface area contributed by atoms with Gasteiger partial charge in [-0.15, -0.1) is 6.08 Å². The molecule has 75 valence electrons. The van der Waals surface area contributed by atoms with Gasteiger partial charge in [-0.3, -0.25) is 0 Å². The zero-order chi connectivity index (χ0) is 7.82. The van der Waals surface area contributed by atoms with Gasteiger partial charge in [0.25, 0.3) is 0 Å². The Hall–Kier alpha value is 3.97. The third-order valence-corrected chi connectivity index (χ3v) is 1.21. The maximum Gasteiger partial charge on any atom is 1.00 e. The number of hydrogen-bond donors (Lipinski definition) is 0. The van der Waals surface area contributed by atoms with Gasteiger partial charge in [-0.05, 0) is 6.42 Å². The first kappa shape index (κ1) is 30.8. The van der Waals surface area contributed by atoms with Gasteiger partial charge in [-0.2, -0.15) is 29.9 Å². The summed E-state index contributed by atoms with van der Waals surface area (Å²) in [6.07, 6.45) is 12.3. The Kier molecular flexibility index (Phi) is 56.5. The van der Waals surface area contributed by atoms with Crippen LogP contribution in [-0.2, 0) is 19.5 Å². The van der Waals surface area contributed by atoms with Gasteiger partial charge in [-0.1, -0.05) is 20.8 Å². The van der Waals surface area contributed by atoms with Crippen molar-refractivity contribution in [1.29, 1.82) is 0 Å². The molecular weight excluding hydrogens is 642 g/mol. The molecule has 0 heterocycles. The first-order valence-corrected chi connectivity index (χ1v) is 3.69. The van der Waals surface area contributed by atoms with Gasteiger partial charge in [0.1, 0.15) is 0 Å². The minimum atomic E-state index is 0. The molecule has 0 nitrogen and oxygen atoms in total. The summed E-state index contributed by atoms with van der Waals surface area (Å²) in [5, 5.41) is 0. The fourth-order valence-corrected chi connectivity index (χ4v) is 0.467. The second kappa shape index (κ2) is 25.7. The normalized spacial score (nSPS) is 9.79. The van der Waals surface area contributed by atoms with E-state index in [1.165, 1.54) is 5.57 Å². The Morgan fingerprint density at radius 2 is 1.71 bits per heavy atom. The Labute approximate surface area is 202 Å². The van der Waals surface area contributed by atoms with E-state index in [-0.39, 0.29) is 145 Å². The van der Waals surface area contributed by atoms with Gasteiger partial charge in [0.05, 0.1) is 0 Å². The Morgan fingerprint density at radius 1 is 1.21 bits per heavy atom. The standard InChI is InChI=1S/C10H15.3Ce.Ru/c1-4-6-7-8-9-10(3)5-2;;;;/h5-8H,4H2,1-3H3;;;;/q-1;;;;+1/b7-6-,10-5-;;;;. The SMILES string of the molecule is C\C=C(C)/[C-]=C\C=C/CC.[Ce].[Ce].[Ce].[Ru+]. The van der Waals surface area contributed by atoms with E-state index in [0.717, 1.165) is 6.42 Å². The third-order valence-electron chi connectivity index (χ3n) is 1.21. The molecule has 0 unspecified atom stereocenters. The van der Waals surface area contributed by atoms with Crippen LogP contribution >= 0.6 is 0 Å². The smallest absolute Gasteiger partial charge is 0.181 e. The van der Waals surface area contributed by atoms with Crippen LogP contribution in [0.15, 0.2) is 29.9 Å². The third kappa shape index (κ3) is 25.0. The van der Waals surface area contributed by atoms with Crippen LogP contribution in [0.3, 0.4) is 0 Å². The Balaban J connectivity index is -0.0000000675. The first-order chi connectivity index (χ1) is 4.81. The molecule has 0 atom stereocenters. The van der Waals surface area contributed by atoms with Crippen molar-refractivity contribution in [3.05, 3.63) is 36.0 Å². The van der Waals surface area contributed by atoms with E-state index in [1.54, 1.807) is 0 Å². The van der Waals surface area contributed by atoms with E-state index in [9.17, 15) is 0 Å². The zero-order valence-electron chi connectivity index (χ0n) is 8.87. The predicted molar refractivity (Wildman–Crippen MR) is 46.7 cm³/mol. The average Bonchev–Trinajstić information content (AvgIpc) is 1.98. The van der Waals surface area contributed by atoms with E-state index >= 15 is 0 Å². The summed E-state index contributed by atoms with van der Waals surface area (Å²) in [5.74, 6) is 0. The summed E-state index contributed by atoms with van der Waals surface area (Å²) in [6.45, 7) is 6.17. The maximum absolute atomic E-state index is 3.12. The molecule has 0 aliphatic carbocycles. The molecule has 0 saturated heterocycles. The molecule has 0 aromatic heterocycles. The molecule has 0 amide bonds. The quantitative estimate of drug-likeness (QED) is 0.249. The van der Waals surface area contributed by atoms with Crippen LogP contribution in [0.2, 0.25) is 0 Å². The van der Waals surface area contributed by atoms with E-state index in [0.29, 0.717) is 0 Å². The number of hydrogen-bond acceptors (Lipinski definition) is 0. The van der Waals surface area contributed by atoms with Crippen molar-refractivity contribution < 1.29 is 145 Å². The summed E-state index contributed by atoms with van der Waals surface area (Å²) in [4.78, 5) is 0. The second-order valence-electron chi connectivity index (χ2n) is 2.12. The molecular formula is C10H15Ce3Ru. The predicted octanol–water partition coefficient (Wildman–Crippen LogP) is 3.28. The van der Waals surface area contributed by atoms with Crippen molar-refractivity contribution in [2.45, 2.75) is 27.2 Å². The zero-order valence-corrected chi connectivity index (χ0v) is 20.0. The first-order valence-electron chi connectivity index (χ1n) is 3.69. The molecule has 1 radical (unpaired) electrons. The van der Waals surface area contributed by atoms with Crippen molar-refractivity contribution in [3.8, 4) is 0 Å². The monoisotopic (exact) mass is 657 g/mol. The van der Waals surface area contributed by atoms with Gasteiger partial charge >= 0.3 is 19.5 Å².